The molecule has 0 bridgehead atoms. The van der Waals surface area contributed by atoms with Crippen molar-refractivity contribution in [1.82, 2.24) is 29.9 Å². The quantitative estimate of drug-likeness (QED) is 0.0181. The van der Waals surface area contributed by atoms with Gasteiger partial charge in [-0.15, -0.1) is 0 Å². The standard InChI is InChI=1S/C36H53IN7O16PS2/c1-8-36(7,17-53-16-35(5,6)15-38-25(47)11-12-62-63-21(2)13-54-34(50)60-44-26(48)9-10-27(44)49)18-56-61(51,52)55-14-24-29(57-22(3)45)30(58-23(4)46)33(59-24)43-20-41-28-31(42-37)39-19-40-32(28)43/h19-21,24,29-30,33H,8-18H2,1-7H3,(H,38,47)(H,51,52)(H,39,40,42). The molecule has 3 amide bonds. The fourth-order valence-corrected chi connectivity index (χ4v) is 9.24. The van der Waals surface area contributed by atoms with Gasteiger partial charge in [0.15, 0.2) is 35.4 Å². The molecule has 2 saturated heterocycles. The summed E-state index contributed by atoms with van der Waals surface area (Å²) >= 11 is 1.89. The van der Waals surface area contributed by atoms with Crippen LogP contribution in [0.15, 0.2) is 12.7 Å². The fourth-order valence-electron chi connectivity index (χ4n) is 5.83. The van der Waals surface area contributed by atoms with Crippen LogP contribution < -0.4 is 8.85 Å². The maximum atomic E-state index is 13.2. The van der Waals surface area contributed by atoms with E-state index in [0.717, 1.165) is 6.92 Å². The molecule has 0 spiro atoms. The van der Waals surface area contributed by atoms with Crippen LogP contribution in [0.1, 0.15) is 80.4 Å². The number of fused-ring (bicyclic) bond motifs is 1. The molecule has 7 atom stereocenters. The van der Waals surface area contributed by atoms with Gasteiger partial charge in [-0.1, -0.05) is 54.3 Å². The molecule has 3 N–H and O–H groups in total. The second kappa shape index (κ2) is 23.7. The van der Waals surface area contributed by atoms with E-state index in [0.29, 0.717) is 40.8 Å². The summed E-state index contributed by atoms with van der Waals surface area (Å²) in [6, 6.07) is 0. The number of nitrogens with one attached hydrogen (secondary N) is 2. The fraction of sp³-hybridized carbons (Fsp3) is 0.694. The summed E-state index contributed by atoms with van der Waals surface area (Å²) < 4.78 is 56.6. The third-order valence-electron chi connectivity index (χ3n) is 9.40. The first-order chi connectivity index (χ1) is 29.7. The Bertz CT molecular complexity index is 1980. The van der Waals surface area contributed by atoms with E-state index in [1.807, 2.05) is 57.5 Å². The van der Waals surface area contributed by atoms with Gasteiger partial charge in [-0.25, -0.2) is 24.3 Å². The first-order valence-corrected chi connectivity index (χ1v) is 24.6. The number of carbonyl (C=O) groups excluding carboxylic acids is 6. The minimum absolute atomic E-state index is 0.0178. The molecule has 0 aliphatic carbocycles. The Morgan fingerprint density at radius 1 is 1.03 bits per heavy atom. The number of rotatable bonds is 25. The summed E-state index contributed by atoms with van der Waals surface area (Å²) in [5, 5.41) is 3.16. The number of esters is 2. The van der Waals surface area contributed by atoms with Crippen LogP contribution in [0.3, 0.4) is 0 Å². The number of hydrogen-bond donors (Lipinski definition) is 3. The van der Waals surface area contributed by atoms with E-state index in [1.54, 1.807) is 0 Å². The predicted molar refractivity (Wildman–Crippen MR) is 233 cm³/mol. The lowest BCUT2D eigenvalue weighted by atomic mass is 9.89. The van der Waals surface area contributed by atoms with E-state index in [4.69, 9.17) is 32.7 Å². The highest BCUT2D eigenvalue weighted by Gasteiger charge is 2.51. The van der Waals surface area contributed by atoms with Crippen molar-refractivity contribution in [1.29, 1.82) is 0 Å². The molecule has 2 aliphatic heterocycles. The lowest BCUT2D eigenvalue weighted by Crippen LogP contribution is -2.40. The number of hydroxylamine groups is 2. The van der Waals surface area contributed by atoms with Crippen molar-refractivity contribution >= 4 is 105 Å². The average Bonchev–Trinajstić information content (AvgIpc) is 3.90. The van der Waals surface area contributed by atoms with Crippen LogP contribution in [0.5, 0.6) is 0 Å². The van der Waals surface area contributed by atoms with Crippen LogP contribution in [-0.4, -0.2) is 134 Å². The molecule has 63 heavy (non-hydrogen) atoms. The Kier molecular flexibility index (Phi) is 19.7. The van der Waals surface area contributed by atoms with Gasteiger partial charge >= 0.3 is 25.9 Å². The second-order valence-electron chi connectivity index (χ2n) is 15.7. The molecule has 27 heteroatoms. The molecule has 0 aromatic carbocycles. The molecule has 2 fully saturated rings. The summed E-state index contributed by atoms with van der Waals surface area (Å²) in [6.07, 6.45) is -2.58. The zero-order valence-corrected chi connectivity index (χ0v) is 40.5. The summed E-state index contributed by atoms with van der Waals surface area (Å²) in [6.45, 7) is 11.5. The van der Waals surface area contributed by atoms with Crippen LogP contribution in [0, 0.1) is 10.8 Å². The van der Waals surface area contributed by atoms with E-state index in [-0.39, 0.29) is 56.8 Å². The Labute approximate surface area is 385 Å². The monoisotopic (exact) mass is 1060 g/mol. The number of phosphoric ester groups is 1. The van der Waals surface area contributed by atoms with Crippen LogP contribution in [-0.2, 0) is 66.1 Å². The van der Waals surface area contributed by atoms with Crippen LogP contribution in [0.2, 0.25) is 0 Å². The van der Waals surface area contributed by atoms with Crippen LogP contribution in [0.25, 0.3) is 11.2 Å². The van der Waals surface area contributed by atoms with Crippen molar-refractivity contribution in [2.45, 2.75) is 104 Å². The maximum Gasteiger partial charge on any atom is 0.533 e. The van der Waals surface area contributed by atoms with E-state index in [2.05, 4.69) is 28.6 Å². The number of hydrogen-bond acceptors (Lipinski definition) is 21. The van der Waals surface area contributed by atoms with Crippen molar-refractivity contribution in [3.8, 4) is 0 Å². The number of amides is 3. The molecule has 2 aliphatic rings. The van der Waals surface area contributed by atoms with Gasteiger partial charge in [0.05, 0.1) is 55.6 Å². The molecule has 4 heterocycles. The van der Waals surface area contributed by atoms with Gasteiger partial charge in [-0.3, -0.25) is 42.4 Å². The molecule has 7 unspecified atom stereocenters. The smallest absolute Gasteiger partial charge is 0.456 e. The molecule has 352 valence electrons. The number of imidazole rings is 1. The highest BCUT2D eigenvalue weighted by Crippen LogP contribution is 2.47. The minimum atomic E-state index is -4.74. The molecule has 4 rings (SSSR count). The number of imide groups is 1. The maximum absolute atomic E-state index is 13.2. The summed E-state index contributed by atoms with van der Waals surface area (Å²) in [5.74, 6) is -1.90. The van der Waals surface area contributed by atoms with Gasteiger partial charge in [0.25, 0.3) is 11.8 Å². The highest BCUT2D eigenvalue weighted by molar-refractivity contribution is 14.1. The van der Waals surface area contributed by atoms with Crippen LogP contribution >= 0.6 is 52.3 Å². The number of aromatic nitrogens is 4. The first-order valence-electron chi connectivity index (χ1n) is 19.7. The molecule has 0 radical (unpaired) electrons. The number of nitrogens with zero attached hydrogens (tertiary/aromatic N) is 5. The minimum Gasteiger partial charge on any atom is -0.456 e. The van der Waals surface area contributed by atoms with Crippen molar-refractivity contribution in [2.24, 2.45) is 10.8 Å². The average molecular weight is 1060 g/mol. The van der Waals surface area contributed by atoms with Gasteiger partial charge in [0.1, 0.15) is 19.0 Å². The second-order valence-corrected chi connectivity index (χ2v) is 20.6. The zero-order chi connectivity index (χ0) is 46.5. The Balaban J connectivity index is 1.19. The Hall–Kier alpha value is -3.37. The SMILES string of the molecule is CCC(C)(COCC(C)(C)CNC(=O)CCSSC(C)COC(=O)ON1C(=O)CCC1=O)COP(=O)(O)OCC1OC(n2cnc3c(NI)ncnc32)C(OC(C)=O)C1OC(C)=O. The Morgan fingerprint density at radius 2 is 1.71 bits per heavy atom. The largest absolute Gasteiger partial charge is 0.533 e. The molecule has 2 aromatic rings. The van der Waals surface area contributed by atoms with Crippen molar-refractivity contribution in [3.63, 3.8) is 0 Å². The molecular formula is C36H53IN7O16PS2. The molecule has 2 aromatic heterocycles. The number of carbonyl (C=O) groups is 6. The number of phosphoric acid groups is 1. The highest BCUT2D eigenvalue weighted by atomic mass is 127. The predicted octanol–water partition coefficient (Wildman–Crippen LogP) is 4.44. The van der Waals surface area contributed by atoms with E-state index in [9.17, 15) is 38.2 Å². The number of halogens is 1. The number of ether oxygens (including phenoxy) is 5. The zero-order valence-electron chi connectivity index (χ0n) is 35.8. The third kappa shape index (κ3) is 15.9. The molecule has 23 nitrogen and oxygen atoms in total. The lowest BCUT2D eigenvalue weighted by Gasteiger charge is -2.31. The van der Waals surface area contributed by atoms with Crippen molar-refractivity contribution < 1.29 is 75.8 Å². The van der Waals surface area contributed by atoms with E-state index < -0.39 is 79.7 Å². The van der Waals surface area contributed by atoms with Crippen LogP contribution in [0.4, 0.5) is 10.6 Å². The van der Waals surface area contributed by atoms with Crippen molar-refractivity contribution in [2.75, 3.05) is 48.9 Å². The normalized spacial score (nSPS) is 21.4. The summed E-state index contributed by atoms with van der Waals surface area (Å²) in [5.41, 5.74) is -0.514. The Morgan fingerprint density at radius 3 is 2.37 bits per heavy atom. The topological polar surface area (TPSA) is 284 Å². The molecule has 0 saturated carbocycles. The van der Waals surface area contributed by atoms with Gasteiger partial charge in [-0.05, 0) is 13.3 Å². The van der Waals surface area contributed by atoms with E-state index >= 15 is 0 Å². The van der Waals surface area contributed by atoms with Gasteiger partial charge in [0, 0.05) is 61.5 Å². The summed E-state index contributed by atoms with van der Waals surface area (Å²) in [4.78, 5) is 100. The number of anilines is 1. The molecular weight excluding hydrogens is 1010 g/mol. The van der Waals surface area contributed by atoms with Gasteiger partial charge in [0.2, 0.25) is 5.91 Å². The first kappa shape index (κ1) is 52.3. The lowest BCUT2D eigenvalue weighted by molar-refractivity contribution is -0.177. The van der Waals surface area contributed by atoms with E-state index in [1.165, 1.54) is 45.7 Å². The summed E-state index contributed by atoms with van der Waals surface area (Å²) in [7, 11) is -1.92. The van der Waals surface area contributed by atoms with Crippen molar-refractivity contribution in [3.05, 3.63) is 12.7 Å². The van der Waals surface area contributed by atoms with Gasteiger partial charge < -0.3 is 37.4 Å². The third-order valence-corrected chi connectivity index (χ3v) is 13.7. The van der Waals surface area contributed by atoms with Gasteiger partial charge in [-0.2, -0.15) is 0 Å².